The molecule has 0 aromatic heterocycles. The van der Waals surface area contributed by atoms with Gasteiger partial charge in [-0.2, -0.15) is 11.8 Å². The lowest BCUT2D eigenvalue weighted by Crippen LogP contribution is -1.87. The molecule has 0 spiro atoms. The molecule has 64 valence electrons. The molecular weight excluding hydrogens is 148 g/mol. The predicted octanol–water partition coefficient (Wildman–Crippen LogP) is 2.00. The Balaban J connectivity index is 0. The first-order valence-corrected chi connectivity index (χ1v) is 4.69. The highest BCUT2D eigenvalue weighted by atomic mass is 32.2. The largest absolute Gasteiger partial charge is 0.359 e. The minimum atomic E-state index is 0.389. The van der Waals surface area contributed by atoms with Gasteiger partial charge >= 0.3 is 0 Å². The number of ether oxygens (including phenoxy) is 2. The van der Waals surface area contributed by atoms with Crippen molar-refractivity contribution >= 4 is 11.8 Å². The van der Waals surface area contributed by atoms with Gasteiger partial charge in [-0.25, -0.2) is 0 Å². The van der Waals surface area contributed by atoms with Crippen LogP contribution in [0.25, 0.3) is 0 Å². The van der Waals surface area contributed by atoms with Gasteiger partial charge < -0.3 is 9.47 Å². The molecule has 0 rings (SSSR count). The van der Waals surface area contributed by atoms with Gasteiger partial charge in [-0.05, 0) is 18.4 Å². The van der Waals surface area contributed by atoms with E-state index in [1.807, 2.05) is 11.8 Å². The Morgan fingerprint density at radius 2 is 1.70 bits per heavy atom. The maximum atomic E-state index is 4.47. The molecule has 0 amide bonds. The first kappa shape index (κ1) is 12.9. The van der Waals surface area contributed by atoms with E-state index in [1.54, 1.807) is 14.2 Å². The minimum absolute atomic E-state index is 0.389. The number of rotatable bonds is 4. The summed E-state index contributed by atoms with van der Waals surface area (Å²) < 4.78 is 8.94. The van der Waals surface area contributed by atoms with Gasteiger partial charge in [-0.1, -0.05) is 6.92 Å². The van der Waals surface area contributed by atoms with Crippen LogP contribution in [0.5, 0.6) is 0 Å². The van der Waals surface area contributed by atoms with Gasteiger partial charge in [0.25, 0.3) is 0 Å². The molecule has 0 atom stereocenters. The Labute approximate surface area is 68.3 Å². The second-order valence-electron chi connectivity index (χ2n) is 1.69. The van der Waals surface area contributed by atoms with Crippen LogP contribution in [0, 0.1) is 0 Å². The second-order valence-corrected chi connectivity index (χ2v) is 2.67. The topological polar surface area (TPSA) is 18.5 Å². The van der Waals surface area contributed by atoms with Crippen molar-refractivity contribution in [2.45, 2.75) is 13.3 Å². The van der Waals surface area contributed by atoms with Crippen LogP contribution in [-0.2, 0) is 9.47 Å². The zero-order chi connectivity index (χ0) is 8.24. The van der Waals surface area contributed by atoms with Crippen LogP contribution < -0.4 is 0 Å². The van der Waals surface area contributed by atoms with E-state index >= 15 is 0 Å². The third kappa shape index (κ3) is 24.0. The van der Waals surface area contributed by atoms with Crippen LogP contribution in [0.4, 0.5) is 0 Å². The number of hydrogen-bond acceptors (Lipinski definition) is 3. The lowest BCUT2D eigenvalue weighted by molar-refractivity contribution is -0.00271. The summed E-state index contributed by atoms with van der Waals surface area (Å²) in [5.41, 5.74) is 0. The van der Waals surface area contributed by atoms with Gasteiger partial charge in [0.05, 0.1) is 0 Å². The average Bonchev–Trinajstić information content (AvgIpc) is 1.93. The monoisotopic (exact) mass is 166 g/mol. The first-order valence-electron chi connectivity index (χ1n) is 3.30. The van der Waals surface area contributed by atoms with Crippen molar-refractivity contribution in [1.82, 2.24) is 0 Å². The maximum absolute atomic E-state index is 4.47. The van der Waals surface area contributed by atoms with Crippen molar-refractivity contribution < 1.29 is 9.47 Å². The van der Waals surface area contributed by atoms with E-state index in [-0.39, 0.29) is 0 Å². The summed E-state index contributed by atoms with van der Waals surface area (Å²) >= 11 is 1.90. The maximum Gasteiger partial charge on any atom is 0.145 e. The molecule has 0 aromatic carbocycles. The standard InChI is InChI=1S/C4H10S.C3H8O2/c1-3-4-5-2;1-4-3-5-2/h3-4H2,1-2H3;3H2,1-2H3. The van der Waals surface area contributed by atoms with Crippen molar-refractivity contribution in [2.75, 3.05) is 33.0 Å². The van der Waals surface area contributed by atoms with Crippen LogP contribution in [0.2, 0.25) is 0 Å². The number of methoxy groups -OCH3 is 2. The Kier molecular flexibility index (Phi) is 20.8. The molecule has 0 aliphatic rings. The second kappa shape index (κ2) is 16.1. The number of thioether (sulfide) groups is 1. The minimum Gasteiger partial charge on any atom is -0.359 e. The van der Waals surface area contributed by atoms with Crippen LogP contribution in [0.15, 0.2) is 0 Å². The molecular formula is C7H18O2S. The Hall–Kier alpha value is 0.270. The molecule has 0 radical (unpaired) electrons. The summed E-state index contributed by atoms with van der Waals surface area (Å²) in [6.07, 6.45) is 3.44. The highest BCUT2D eigenvalue weighted by molar-refractivity contribution is 7.98. The molecule has 0 heterocycles. The zero-order valence-electron chi connectivity index (χ0n) is 7.35. The molecule has 0 fully saturated rings. The zero-order valence-corrected chi connectivity index (χ0v) is 8.16. The van der Waals surface area contributed by atoms with Crippen molar-refractivity contribution in [3.8, 4) is 0 Å². The normalized spacial score (nSPS) is 8.40. The van der Waals surface area contributed by atoms with Crippen LogP contribution in [-0.4, -0.2) is 33.0 Å². The van der Waals surface area contributed by atoms with Crippen molar-refractivity contribution in [2.24, 2.45) is 0 Å². The lowest BCUT2D eigenvalue weighted by atomic mass is 10.6. The molecule has 3 heteroatoms. The van der Waals surface area contributed by atoms with Crippen LogP contribution >= 0.6 is 11.8 Å². The first-order chi connectivity index (χ1) is 4.83. The fourth-order valence-electron chi connectivity index (χ4n) is 0.322. The van der Waals surface area contributed by atoms with E-state index in [0.29, 0.717) is 6.79 Å². The lowest BCUT2D eigenvalue weighted by Gasteiger charge is -1.87. The summed E-state index contributed by atoms with van der Waals surface area (Å²) in [6, 6.07) is 0. The molecule has 2 nitrogen and oxygen atoms in total. The van der Waals surface area contributed by atoms with E-state index in [0.717, 1.165) is 0 Å². The quantitative estimate of drug-likeness (QED) is 0.595. The number of hydrogen-bond donors (Lipinski definition) is 0. The van der Waals surface area contributed by atoms with Gasteiger partial charge in [0.1, 0.15) is 6.79 Å². The third-order valence-corrected chi connectivity index (χ3v) is 1.46. The van der Waals surface area contributed by atoms with Crippen molar-refractivity contribution in [3.63, 3.8) is 0 Å². The molecule has 0 bridgehead atoms. The predicted molar refractivity (Wildman–Crippen MR) is 47.6 cm³/mol. The molecule has 0 aromatic rings. The summed E-state index contributed by atoms with van der Waals surface area (Å²) in [5, 5.41) is 0. The summed E-state index contributed by atoms with van der Waals surface area (Å²) in [6.45, 7) is 2.58. The molecule has 0 saturated carbocycles. The van der Waals surface area contributed by atoms with Gasteiger partial charge in [-0.15, -0.1) is 0 Å². The highest BCUT2D eigenvalue weighted by Gasteiger charge is 1.67. The van der Waals surface area contributed by atoms with E-state index < -0.39 is 0 Å². The summed E-state index contributed by atoms with van der Waals surface area (Å²) in [4.78, 5) is 0. The van der Waals surface area contributed by atoms with Gasteiger partial charge in [-0.3, -0.25) is 0 Å². The van der Waals surface area contributed by atoms with E-state index in [4.69, 9.17) is 0 Å². The average molecular weight is 166 g/mol. The van der Waals surface area contributed by atoms with Gasteiger partial charge in [0.2, 0.25) is 0 Å². The summed E-state index contributed by atoms with van der Waals surface area (Å²) in [5.74, 6) is 1.31. The van der Waals surface area contributed by atoms with Crippen molar-refractivity contribution in [1.29, 1.82) is 0 Å². The van der Waals surface area contributed by atoms with E-state index in [1.165, 1.54) is 12.2 Å². The SMILES string of the molecule is CCCSC.COCOC. The molecule has 0 unspecified atom stereocenters. The smallest absolute Gasteiger partial charge is 0.145 e. The molecule has 0 N–H and O–H groups in total. The van der Waals surface area contributed by atoms with Gasteiger partial charge in [0, 0.05) is 14.2 Å². The Morgan fingerprint density at radius 1 is 1.20 bits per heavy atom. The molecule has 10 heavy (non-hydrogen) atoms. The van der Waals surface area contributed by atoms with E-state index in [2.05, 4.69) is 22.7 Å². The summed E-state index contributed by atoms with van der Waals surface area (Å²) in [7, 11) is 3.17. The fraction of sp³-hybridized carbons (Fsp3) is 1.00. The highest BCUT2D eigenvalue weighted by Crippen LogP contribution is 1.91. The van der Waals surface area contributed by atoms with Crippen molar-refractivity contribution in [3.05, 3.63) is 0 Å². The Bertz CT molecular complexity index is 32.6. The fourth-order valence-corrected chi connectivity index (χ4v) is 0.730. The Morgan fingerprint density at radius 3 is 1.70 bits per heavy atom. The van der Waals surface area contributed by atoms with E-state index in [9.17, 15) is 0 Å². The van der Waals surface area contributed by atoms with Gasteiger partial charge in [0.15, 0.2) is 0 Å². The molecule has 0 aliphatic carbocycles. The molecule has 0 aliphatic heterocycles. The third-order valence-electron chi connectivity index (χ3n) is 0.644. The van der Waals surface area contributed by atoms with Crippen LogP contribution in [0.1, 0.15) is 13.3 Å². The van der Waals surface area contributed by atoms with Crippen LogP contribution in [0.3, 0.4) is 0 Å². The molecule has 0 saturated heterocycles.